The van der Waals surface area contributed by atoms with E-state index in [1.807, 2.05) is 12.1 Å². The van der Waals surface area contributed by atoms with Crippen molar-refractivity contribution in [1.82, 2.24) is 19.8 Å². The Labute approximate surface area is 123 Å². The summed E-state index contributed by atoms with van der Waals surface area (Å²) in [5.41, 5.74) is 2.45. The molecule has 2 aromatic heterocycles. The first-order chi connectivity index (χ1) is 10.4. The zero-order valence-electron chi connectivity index (χ0n) is 11.7. The monoisotopic (exact) mass is 279 g/mol. The summed E-state index contributed by atoms with van der Waals surface area (Å²) in [6.45, 7) is 0.914. The van der Waals surface area contributed by atoms with E-state index < -0.39 is 0 Å². The van der Waals surface area contributed by atoms with Gasteiger partial charge in [0.2, 0.25) is 0 Å². The lowest BCUT2D eigenvalue weighted by atomic mass is 9.64. The molecule has 3 aromatic rings. The van der Waals surface area contributed by atoms with Crippen LogP contribution in [0.5, 0.6) is 0 Å². The van der Waals surface area contributed by atoms with Crippen LogP contribution >= 0.6 is 0 Å². The van der Waals surface area contributed by atoms with Gasteiger partial charge in [-0.25, -0.2) is 0 Å². The lowest BCUT2D eigenvalue weighted by Gasteiger charge is -2.42. The number of nitrogens with zero attached hydrogens (tertiary/aromatic N) is 4. The Morgan fingerprint density at radius 2 is 1.95 bits per heavy atom. The lowest BCUT2D eigenvalue weighted by molar-refractivity contribution is 0.260. The van der Waals surface area contributed by atoms with Crippen LogP contribution in [0.2, 0.25) is 0 Å². The van der Waals surface area contributed by atoms with Crippen LogP contribution in [0.25, 0.3) is 5.65 Å². The van der Waals surface area contributed by atoms with Crippen molar-refractivity contribution in [2.24, 2.45) is 0 Å². The summed E-state index contributed by atoms with van der Waals surface area (Å²) in [7, 11) is 0. The predicted molar refractivity (Wildman–Crippen MR) is 81.2 cm³/mol. The van der Waals surface area contributed by atoms with E-state index in [1.165, 1.54) is 24.8 Å². The van der Waals surface area contributed by atoms with Gasteiger partial charge >= 0.3 is 0 Å². The molecule has 1 aliphatic carbocycles. The van der Waals surface area contributed by atoms with Gasteiger partial charge in [-0.05, 0) is 30.5 Å². The first-order valence-electron chi connectivity index (χ1n) is 7.32. The molecular formula is C16H17N5. The Morgan fingerprint density at radius 1 is 1.10 bits per heavy atom. The second-order valence-electron chi connectivity index (χ2n) is 5.71. The van der Waals surface area contributed by atoms with Crippen molar-refractivity contribution >= 4 is 11.5 Å². The normalized spacial score (nSPS) is 16.6. The Kier molecular flexibility index (Phi) is 2.84. The van der Waals surface area contributed by atoms with Gasteiger partial charge in [-0.15, -0.1) is 15.3 Å². The molecular weight excluding hydrogens is 262 g/mol. The first-order valence-corrected chi connectivity index (χ1v) is 7.32. The van der Waals surface area contributed by atoms with E-state index in [9.17, 15) is 0 Å². The van der Waals surface area contributed by atoms with Gasteiger partial charge in [-0.3, -0.25) is 0 Å². The topological polar surface area (TPSA) is 55.1 Å². The van der Waals surface area contributed by atoms with Crippen LogP contribution in [-0.4, -0.2) is 26.4 Å². The molecule has 4 rings (SSSR count). The van der Waals surface area contributed by atoms with Gasteiger partial charge in [0, 0.05) is 12.0 Å². The molecule has 1 aliphatic rings. The van der Waals surface area contributed by atoms with Gasteiger partial charge in [0.15, 0.2) is 5.65 Å². The summed E-state index contributed by atoms with van der Waals surface area (Å²) < 4.78 is 1.69. The van der Waals surface area contributed by atoms with Crippen molar-refractivity contribution in [3.05, 3.63) is 54.4 Å². The highest BCUT2D eigenvalue weighted by Crippen LogP contribution is 2.43. The Hall–Kier alpha value is -2.43. The molecule has 0 amide bonds. The molecule has 21 heavy (non-hydrogen) atoms. The summed E-state index contributed by atoms with van der Waals surface area (Å²) in [5, 5.41) is 15.8. The second-order valence-corrected chi connectivity index (χ2v) is 5.71. The van der Waals surface area contributed by atoms with Crippen LogP contribution in [0.3, 0.4) is 0 Å². The third-order valence-electron chi connectivity index (χ3n) is 4.47. The van der Waals surface area contributed by atoms with Crippen LogP contribution in [-0.2, 0) is 5.41 Å². The van der Waals surface area contributed by atoms with Gasteiger partial charge in [-0.2, -0.15) is 4.52 Å². The van der Waals surface area contributed by atoms with Gasteiger partial charge in [-0.1, -0.05) is 36.8 Å². The Bertz CT molecular complexity index is 745. The average Bonchev–Trinajstić information content (AvgIpc) is 2.95. The van der Waals surface area contributed by atoms with E-state index in [0.717, 1.165) is 18.0 Å². The zero-order chi connectivity index (χ0) is 14.1. The summed E-state index contributed by atoms with van der Waals surface area (Å²) in [6.07, 6.45) is 5.39. The second kappa shape index (κ2) is 4.84. The number of aromatic nitrogens is 4. The molecule has 0 saturated heterocycles. The molecule has 1 fully saturated rings. The Balaban J connectivity index is 1.54. The maximum Gasteiger partial charge on any atom is 0.177 e. The number of hydrogen-bond donors (Lipinski definition) is 1. The van der Waals surface area contributed by atoms with Crippen molar-refractivity contribution in [3.63, 3.8) is 0 Å². The molecule has 2 heterocycles. The van der Waals surface area contributed by atoms with E-state index in [4.69, 9.17) is 0 Å². The molecule has 5 heteroatoms. The van der Waals surface area contributed by atoms with Gasteiger partial charge < -0.3 is 5.32 Å². The van der Waals surface area contributed by atoms with Crippen LogP contribution in [0.15, 0.2) is 48.8 Å². The molecule has 1 N–H and O–H groups in total. The van der Waals surface area contributed by atoms with Crippen molar-refractivity contribution in [2.75, 3.05) is 11.9 Å². The standard InChI is InChI=1S/C16H17N5/c1-2-5-13(6-3-1)16(9-4-10-16)11-17-14-7-8-15-19-18-12-21(15)20-14/h1-3,5-8,12H,4,9-11H2,(H,17,20). The molecule has 1 saturated carbocycles. The van der Waals surface area contributed by atoms with Crippen molar-refractivity contribution in [2.45, 2.75) is 24.7 Å². The van der Waals surface area contributed by atoms with E-state index in [2.05, 4.69) is 50.9 Å². The number of anilines is 1. The van der Waals surface area contributed by atoms with E-state index >= 15 is 0 Å². The van der Waals surface area contributed by atoms with Gasteiger partial charge in [0.25, 0.3) is 0 Å². The molecule has 0 aliphatic heterocycles. The molecule has 0 unspecified atom stereocenters. The van der Waals surface area contributed by atoms with Gasteiger partial charge in [0.1, 0.15) is 12.1 Å². The minimum Gasteiger partial charge on any atom is -0.368 e. The molecule has 0 spiro atoms. The predicted octanol–water partition coefficient (Wildman–Crippen LogP) is 2.66. The highest BCUT2D eigenvalue weighted by Gasteiger charge is 2.38. The smallest absolute Gasteiger partial charge is 0.177 e. The van der Waals surface area contributed by atoms with Crippen LogP contribution in [0.4, 0.5) is 5.82 Å². The highest BCUT2D eigenvalue weighted by atomic mass is 15.4. The first kappa shape index (κ1) is 12.3. The van der Waals surface area contributed by atoms with E-state index in [-0.39, 0.29) is 5.41 Å². The minimum absolute atomic E-state index is 0.255. The summed E-state index contributed by atoms with van der Waals surface area (Å²) >= 11 is 0. The fourth-order valence-corrected chi connectivity index (χ4v) is 3.05. The largest absolute Gasteiger partial charge is 0.368 e. The molecule has 106 valence electrons. The highest BCUT2D eigenvalue weighted by molar-refractivity contribution is 5.44. The average molecular weight is 279 g/mol. The quantitative estimate of drug-likeness (QED) is 0.797. The Morgan fingerprint density at radius 3 is 2.71 bits per heavy atom. The molecule has 0 bridgehead atoms. The third kappa shape index (κ3) is 2.14. The third-order valence-corrected chi connectivity index (χ3v) is 4.47. The SMILES string of the molecule is c1ccc(C2(CNc3ccc4nncn4n3)CCC2)cc1. The molecule has 5 nitrogen and oxygen atoms in total. The number of hydrogen-bond acceptors (Lipinski definition) is 4. The van der Waals surface area contributed by atoms with Crippen molar-refractivity contribution in [1.29, 1.82) is 0 Å². The number of rotatable bonds is 4. The fourth-order valence-electron chi connectivity index (χ4n) is 3.05. The zero-order valence-corrected chi connectivity index (χ0v) is 11.7. The number of benzene rings is 1. The lowest BCUT2D eigenvalue weighted by Crippen LogP contribution is -2.41. The number of fused-ring (bicyclic) bond motifs is 1. The van der Waals surface area contributed by atoms with Crippen LogP contribution in [0, 0.1) is 0 Å². The maximum atomic E-state index is 4.47. The summed E-state index contributed by atoms with van der Waals surface area (Å²) in [6, 6.07) is 14.7. The molecule has 0 radical (unpaired) electrons. The van der Waals surface area contributed by atoms with Crippen LogP contribution < -0.4 is 5.32 Å². The van der Waals surface area contributed by atoms with E-state index in [1.54, 1.807) is 10.8 Å². The number of nitrogens with one attached hydrogen (secondary N) is 1. The summed E-state index contributed by atoms with van der Waals surface area (Å²) in [4.78, 5) is 0. The maximum absolute atomic E-state index is 4.47. The molecule has 1 aromatic carbocycles. The van der Waals surface area contributed by atoms with Gasteiger partial charge in [0.05, 0.1) is 0 Å². The fraction of sp³-hybridized carbons (Fsp3) is 0.312. The summed E-state index contributed by atoms with van der Waals surface area (Å²) in [5.74, 6) is 0.865. The van der Waals surface area contributed by atoms with E-state index in [0.29, 0.717) is 0 Å². The van der Waals surface area contributed by atoms with Crippen molar-refractivity contribution in [3.8, 4) is 0 Å². The van der Waals surface area contributed by atoms with Crippen LogP contribution in [0.1, 0.15) is 24.8 Å². The van der Waals surface area contributed by atoms with Crippen molar-refractivity contribution < 1.29 is 0 Å². The molecule has 0 atom stereocenters. The minimum atomic E-state index is 0.255.